The van der Waals surface area contributed by atoms with Crippen LogP contribution in [0.25, 0.3) is 33.8 Å². The van der Waals surface area contributed by atoms with E-state index in [1.54, 1.807) is 0 Å². The zero-order valence-electron chi connectivity index (χ0n) is 21.6. The molecule has 0 atom stereocenters. The monoisotopic (exact) mass is 386 g/mol. The first kappa shape index (κ1) is 12.4. The predicted molar refractivity (Wildman–Crippen MR) is 121 cm³/mol. The molecule has 4 aromatic rings. The van der Waals surface area contributed by atoms with E-state index < -0.39 is 21.0 Å². The highest BCUT2D eigenvalue weighted by atomic mass is 28.3. The van der Waals surface area contributed by atoms with Crippen molar-refractivity contribution < 1.29 is 8.22 Å². The lowest BCUT2D eigenvalue weighted by Crippen LogP contribution is -2.42. The average molecular weight is 387 g/mol. The molecule has 0 N–H and O–H groups in total. The van der Waals surface area contributed by atoms with Gasteiger partial charge in [-0.05, 0) is 5.56 Å². The fourth-order valence-corrected chi connectivity index (χ4v) is 4.31. The minimum absolute atomic E-state index is 0.117. The third kappa shape index (κ3) is 3.66. The van der Waals surface area contributed by atoms with E-state index in [0.717, 1.165) is 5.56 Å². The molecule has 0 unspecified atom stereocenters. The molecule has 0 spiro atoms. The molecule has 0 radical (unpaired) electrons. The summed E-state index contributed by atoms with van der Waals surface area (Å²) in [6.07, 6.45) is 0. The van der Waals surface area contributed by atoms with Gasteiger partial charge in [-0.25, -0.2) is 9.97 Å². The van der Waals surface area contributed by atoms with Gasteiger partial charge in [-0.2, -0.15) is 0 Å². The van der Waals surface area contributed by atoms with Crippen molar-refractivity contribution in [1.82, 2.24) is 9.97 Å². The van der Waals surface area contributed by atoms with Crippen LogP contribution < -0.4 is 5.32 Å². The van der Waals surface area contributed by atoms with Crippen molar-refractivity contribution in [3.8, 4) is 33.8 Å². The molecule has 0 saturated carbocycles. The van der Waals surface area contributed by atoms with Crippen LogP contribution in [0.5, 0.6) is 0 Å². The second kappa shape index (κ2) is 7.53. The van der Waals surface area contributed by atoms with Crippen molar-refractivity contribution in [1.29, 1.82) is 0 Å². The lowest BCUT2D eigenvalue weighted by atomic mass is 10.0. The number of hydrogen-bond donors (Lipinski definition) is 0. The van der Waals surface area contributed by atoms with Gasteiger partial charge in [-0.15, -0.1) is 0 Å². The molecule has 4 rings (SSSR count). The second-order valence-electron chi connectivity index (χ2n) is 6.84. The Morgan fingerprint density at radius 1 is 0.643 bits per heavy atom. The number of nitrogens with zero attached hydrogens (tertiary/aromatic N) is 2. The Balaban J connectivity index is 2.21. The summed E-state index contributed by atoms with van der Waals surface area (Å²) in [6.45, 7) is -4.05. The Bertz CT molecular complexity index is 1260. The van der Waals surface area contributed by atoms with Crippen molar-refractivity contribution in [3.63, 3.8) is 0 Å². The highest BCUT2D eigenvalue weighted by molar-refractivity contribution is 6.89. The van der Waals surface area contributed by atoms with Crippen molar-refractivity contribution in [2.45, 2.75) is 19.5 Å². The number of rotatable bonds is 4. The molecule has 0 amide bonds. The van der Waals surface area contributed by atoms with Crippen LogP contribution >= 0.6 is 0 Å². The fourth-order valence-electron chi connectivity index (χ4n) is 3.22. The summed E-state index contributed by atoms with van der Waals surface area (Å²) in [7, 11) is -4.24. The van der Waals surface area contributed by atoms with Gasteiger partial charge in [0.1, 0.15) is 8.07 Å². The Kier molecular flexibility index (Phi) is 3.34. The lowest BCUT2D eigenvalue weighted by Gasteiger charge is -2.23. The number of benzene rings is 3. The summed E-state index contributed by atoms with van der Waals surface area (Å²) in [5, 5.41) is 0.117. The highest BCUT2D eigenvalue weighted by Gasteiger charge is 2.27. The van der Waals surface area contributed by atoms with Crippen LogP contribution in [-0.4, -0.2) is 18.0 Å². The molecular formula is C25H24N2Si. The molecule has 2 nitrogen and oxygen atoms in total. The van der Waals surface area contributed by atoms with Gasteiger partial charge in [0, 0.05) is 30.2 Å². The Labute approximate surface area is 176 Å². The van der Waals surface area contributed by atoms with E-state index >= 15 is 0 Å². The quantitative estimate of drug-likeness (QED) is 0.401. The Hall–Kier alpha value is -3.04. The molecule has 3 heteroatoms. The largest absolute Gasteiger partial charge is 0.237 e. The number of aromatic nitrogens is 2. The minimum Gasteiger partial charge on any atom is -0.237 e. The van der Waals surface area contributed by atoms with Crippen LogP contribution in [0.2, 0.25) is 19.5 Å². The smallest absolute Gasteiger partial charge is 0.159 e. The second-order valence-corrected chi connectivity index (χ2v) is 9.57. The molecule has 0 aliphatic carbocycles. The summed E-state index contributed by atoms with van der Waals surface area (Å²) in [4.78, 5) is 9.61. The normalized spacial score (nSPS) is 15.5. The maximum Gasteiger partial charge on any atom is 0.159 e. The molecule has 138 valence electrons. The van der Waals surface area contributed by atoms with E-state index in [2.05, 4.69) is 0 Å². The summed E-state index contributed by atoms with van der Waals surface area (Å²) in [6, 6.07) is 27.8. The zero-order chi connectivity index (χ0) is 24.6. The van der Waals surface area contributed by atoms with Crippen LogP contribution in [0.1, 0.15) is 8.22 Å². The van der Waals surface area contributed by atoms with E-state index in [1.165, 1.54) is 6.55 Å². The van der Waals surface area contributed by atoms with Crippen LogP contribution in [0, 0.1) is 0 Å². The van der Waals surface area contributed by atoms with Gasteiger partial charge < -0.3 is 0 Å². The van der Waals surface area contributed by atoms with Crippen molar-refractivity contribution in [3.05, 3.63) is 91.0 Å². The SMILES string of the molecule is [2H]C([2H])([2H])[Si](C)(c1nc(-c2ccccc2)nc(-c2ccccc2)c1-c1ccccc1)C([2H])([2H])[2H]. The Morgan fingerprint density at radius 3 is 1.68 bits per heavy atom. The molecule has 0 bridgehead atoms. The first-order chi connectivity index (χ1) is 16.0. The maximum atomic E-state index is 8.36. The van der Waals surface area contributed by atoms with Gasteiger partial charge in [0.05, 0.1) is 5.69 Å². The summed E-state index contributed by atoms with van der Waals surface area (Å²) < 4.78 is 50.2. The summed E-state index contributed by atoms with van der Waals surface area (Å²) in [5.41, 5.74) is 3.11. The molecular weight excluding hydrogens is 356 g/mol. The van der Waals surface area contributed by atoms with Gasteiger partial charge >= 0.3 is 0 Å². The van der Waals surface area contributed by atoms with Crippen molar-refractivity contribution in [2.75, 3.05) is 0 Å². The van der Waals surface area contributed by atoms with Gasteiger partial charge in [0.2, 0.25) is 0 Å². The van der Waals surface area contributed by atoms with Crippen molar-refractivity contribution >= 4 is 13.4 Å². The van der Waals surface area contributed by atoms with Crippen LogP contribution in [0.15, 0.2) is 91.0 Å². The third-order valence-electron chi connectivity index (χ3n) is 4.52. The van der Waals surface area contributed by atoms with E-state index in [4.69, 9.17) is 18.2 Å². The number of hydrogen-bond acceptors (Lipinski definition) is 2. The predicted octanol–water partition coefficient (Wildman–Crippen LogP) is 6.02. The van der Waals surface area contributed by atoms with E-state index in [0.29, 0.717) is 28.2 Å². The maximum absolute atomic E-state index is 8.36. The molecule has 28 heavy (non-hydrogen) atoms. The fraction of sp³-hybridized carbons (Fsp3) is 0.120. The van der Waals surface area contributed by atoms with E-state index in [9.17, 15) is 0 Å². The molecule has 0 fully saturated rings. The molecule has 1 heterocycles. The van der Waals surface area contributed by atoms with E-state index in [1.807, 2.05) is 91.0 Å². The topological polar surface area (TPSA) is 25.8 Å². The third-order valence-corrected chi connectivity index (χ3v) is 5.83. The van der Waals surface area contributed by atoms with E-state index in [-0.39, 0.29) is 5.32 Å². The standard InChI is InChI=1S/C25H24N2Si/c1-28(2,3)25-22(19-13-7-4-8-14-19)23(20-15-9-5-10-16-20)26-24(27-25)21-17-11-6-12-18-21/h4-18H,1-3H3/i1D3,2D3. The summed E-state index contributed by atoms with van der Waals surface area (Å²) in [5.74, 6) is 0.307. The van der Waals surface area contributed by atoms with Crippen LogP contribution in [0.4, 0.5) is 0 Å². The first-order valence-corrected chi connectivity index (χ1v) is 11.6. The van der Waals surface area contributed by atoms with Crippen LogP contribution in [0.3, 0.4) is 0 Å². The molecule has 0 saturated heterocycles. The Morgan fingerprint density at radius 2 is 1.14 bits per heavy atom. The molecule has 0 aliphatic rings. The highest BCUT2D eigenvalue weighted by Crippen LogP contribution is 2.32. The first-order valence-electron chi connectivity index (χ1n) is 12.1. The molecule has 0 aliphatic heterocycles. The van der Waals surface area contributed by atoms with Gasteiger partial charge in [-0.3, -0.25) is 0 Å². The summed E-state index contributed by atoms with van der Waals surface area (Å²) >= 11 is 0. The van der Waals surface area contributed by atoms with Crippen molar-refractivity contribution in [2.24, 2.45) is 0 Å². The van der Waals surface area contributed by atoms with Crippen LogP contribution in [-0.2, 0) is 0 Å². The van der Waals surface area contributed by atoms with Gasteiger partial charge in [0.15, 0.2) is 5.82 Å². The molecule has 3 aromatic carbocycles. The lowest BCUT2D eigenvalue weighted by molar-refractivity contribution is 1.20. The molecule has 1 aromatic heterocycles. The zero-order valence-corrected chi connectivity index (χ0v) is 16.6. The average Bonchev–Trinajstić information content (AvgIpc) is 2.83. The van der Waals surface area contributed by atoms with Gasteiger partial charge in [0.25, 0.3) is 0 Å². The minimum atomic E-state index is -4.24. The van der Waals surface area contributed by atoms with Gasteiger partial charge in [-0.1, -0.05) is 110 Å².